The molecule has 0 fully saturated rings. The number of fused-ring (bicyclic) bond motifs is 2. The SMILES string of the molecule is [CH2]C=CCc1c2ccccc2cc2ccccc12. The first-order chi connectivity index (χ1) is 8.90. The van der Waals surface area contributed by atoms with Gasteiger partial charge in [0.05, 0.1) is 0 Å². The molecule has 0 aliphatic heterocycles. The first-order valence-corrected chi connectivity index (χ1v) is 6.24. The van der Waals surface area contributed by atoms with Gasteiger partial charge < -0.3 is 0 Å². The molecule has 1 radical (unpaired) electrons. The monoisotopic (exact) mass is 231 g/mol. The summed E-state index contributed by atoms with van der Waals surface area (Å²) in [4.78, 5) is 0. The summed E-state index contributed by atoms with van der Waals surface area (Å²) in [5.41, 5.74) is 1.39. The van der Waals surface area contributed by atoms with Crippen molar-refractivity contribution in [2.24, 2.45) is 0 Å². The molecule has 0 aromatic heterocycles. The second-order valence-electron chi connectivity index (χ2n) is 4.47. The van der Waals surface area contributed by atoms with Crippen LogP contribution in [0.25, 0.3) is 21.5 Å². The van der Waals surface area contributed by atoms with E-state index in [2.05, 4.69) is 67.6 Å². The molecule has 0 nitrogen and oxygen atoms in total. The molecular weight excluding hydrogens is 216 g/mol. The van der Waals surface area contributed by atoms with Crippen LogP contribution in [0.1, 0.15) is 5.56 Å². The van der Waals surface area contributed by atoms with Gasteiger partial charge in [-0.25, -0.2) is 0 Å². The van der Waals surface area contributed by atoms with Crippen molar-refractivity contribution in [1.29, 1.82) is 0 Å². The van der Waals surface area contributed by atoms with E-state index in [1.807, 2.05) is 6.08 Å². The quantitative estimate of drug-likeness (QED) is 0.549. The third-order valence-electron chi connectivity index (χ3n) is 3.37. The van der Waals surface area contributed by atoms with E-state index in [0.717, 1.165) is 6.42 Å². The lowest BCUT2D eigenvalue weighted by atomic mass is 9.95. The van der Waals surface area contributed by atoms with Crippen LogP contribution in [0, 0.1) is 6.92 Å². The van der Waals surface area contributed by atoms with Gasteiger partial charge in [0, 0.05) is 0 Å². The number of rotatable bonds is 2. The van der Waals surface area contributed by atoms with Gasteiger partial charge in [-0.3, -0.25) is 0 Å². The molecule has 3 rings (SSSR count). The van der Waals surface area contributed by atoms with E-state index in [0.29, 0.717) is 0 Å². The van der Waals surface area contributed by atoms with Crippen molar-refractivity contribution < 1.29 is 0 Å². The Hall–Kier alpha value is -2.08. The Morgan fingerprint density at radius 2 is 1.39 bits per heavy atom. The van der Waals surface area contributed by atoms with E-state index in [-0.39, 0.29) is 0 Å². The van der Waals surface area contributed by atoms with Crippen LogP contribution in [0.4, 0.5) is 0 Å². The van der Waals surface area contributed by atoms with Gasteiger partial charge in [-0.05, 0) is 46.5 Å². The minimum Gasteiger partial charge on any atom is -0.0879 e. The average molecular weight is 231 g/mol. The standard InChI is InChI=1S/C18H15/c1-2-3-10-18-16-11-6-4-8-14(16)13-15-9-5-7-12-17(15)18/h2-9,11-13H,1,10H2. The van der Waals surface area contributed by atoms with Crippen molar-refractivity contribution >= 4 is 21.5 Å². The molecule has 0 saturated carbocycles. The van der Waals surface area contributed by atoms with Crippen LogP contribution in [0.15, 0.2) is 66.7 Å². The van der Waals surface area contributed by atoms with E-state index < -0.39 is 0 Å². The summed E-state index contributed by atoms with van der Waals surface area (Å²) < 4.78 is 0. The summed E-state index contributed by atoms with van der Waals surface area (Å²) in [7, 11) is 0. The molecule has 0 aliphatic carbocycles. The summed E-state index contributed by atoms with van der Waals surface area (Å²) in [5.74, 6) is 0. The highest BCUT2D eigenvalue weighted by Crippen LogP contribution is 2.28. The normalized spacial score (nSPS) is 11.6. The molecule has 0 heterocycles. The van der Waals surface area contributed by atoms with E-state index in [9.17, 15) is 0 Å². The fraction of sp³-hybridized carbons (Fsp3) is 0.0556. The van der Waals surface area contributed by atoms with Gasteiger partial charge in [-0.1, -0.05) is 60.7 Å². The summed E-state index contributed by atoms with van der Waals surface area (Å²) in [6, 6.07) is 19.4. The average Bonchev–Trinajstić information content (AvgIpc) is 2.43. The Balaban J connectivity index is 2.41. The van der Waals surface area contributed by atoms with E-state index >= 15 is 0 Å². The zero-order valence-electron chi connectivity index (χ0n) is 10.3. The van der Waals surface area contributed by atoms with Crippen LogP contribution in [0.5, 0.6) is 0 Å². The summed E-state index contributed by atoms with van der Waals surface area (Å²) in [6.07, 6.45) is 4.93. The third kappa shape index (κ3) is 1.80. The number of benzene rings is 3. The zero-order chi connectivity index (χ0) is 12.4. The van der Waals surface area contributed by atoms with Crippen molar-refractivity contribution in [2.45, 2.75) is 6.42 Å². The van der Waals surface area contributed by atoms with E-state index in [1.54, 1.807) is 0 Å². The van der Waals surface area contributed by atoms with Gasteiger partial charge in [-0.2, -0.15) is 0 Å². The maximum Gasteiger partial charge on any atom is -0.00851 e. The molecule has 0 amide bonds. The molecule has 0 unspecified atom stereocenters. The van der Waals surface area contributed by atoms with Crippen LogP contribution in [-0.4, -0.2) is 0 Å². The van der Waals surface area contributed by atoms with Crippen molar-refractivity contribution in [3.05, 3.63) is 79.2 Å². The topological polar surface area (TPSA) is 0 Å². The Labute approximate surface area is 108 Å². The predicted molar refractivity (Wildman–Crippen MR) is 79.7 cm³/mol. The Bertz CT molecular complexity index is 666. The molecule has 0 heteroatoms. The predicted octanol–water partition coefficient (Wildman–Crippen LogP) is 4.93. The maximum atomic E-state index is 3.78. The van der Waals surface area contributed by atoms with Gasteiger partial charge >= 0.3 is 0 Å². The first-order valence-electron chi connectivity index (χ1n) is 6.24. The van der Waals surface area contributed by atoms with Crippen LogP contribution < -0.4 is 0 Å². The highest BCUT2D eigenvalue weighted by molar-refractivity contribution is 6.02. The molecule has 0 spiro atoms. The Morgan fingerprint density at radius 3 is 1.94 bits per heavy atom. The molecule has 0 N–H and O–H groups in total. The number of hydrogen-bond acceptors (Lipinski definition) is 0. The fourth-order valence-corrected chi connectivity index (χ4v) is 2.53. The van der Waals surface area contributed by atoms with Crippen molar-refractivity contribution in [3.8, 4) is 0 Å². The third-order valence-corrected chi connectivity index (χ3v) is 3.37. The number of allylic oxidation sites excluding steroid dienone is 2. The largest absolute Gasteiger partial charge is 0.0879 e. The Kier molecular flexibility index (Phi) is 2.85. The molecule has 0 bridgehead atoms. The summed E-state index contributed by atoms with van der Waals surface area (Å²) in [6.45, 7) is 3.78. The van der Waals surface area contributed by atoms with Gasteiger partial charge in [0.1, 0.15) is 0 Å². The minimum atomic E-state index is 0.936. The van der Waals surface area contributed by atoms with E-state index in [4.69, 9.17) is 0 Å². The summed E-state index contributed by atoms with van der Waals surface area (Å²) in [5, 5.41) is 5.30. The molecule has 3 aromatic carbocycles. The van der Waals surface area contributed by atoms with Crippen LogP contribution in [-0.2, 0) is 6.42 Å². The van der Waals surface area contributed by atoms with Crippen LogP contribution in [0.3, 0.4) is 0 Å². The lowest BCUT2D eigenvalue weighted by Gasteiger charge is -2.09. The van der Waals surface area contributed by atoms with Gasteiger partial charge in [0.25, 0.3) is 0 Å². The van der Waals surface area contributed by atoms with Gasteiger partial charge in [0.15, 0.2) is 0 Å². The molecule has 18 heavy (non-hydrogen) atoms. The maximum absolute atomic E-state index is 3.78. The summed E-state index contributed by atoms with van der Waals surface area (Å²) >= 11 is 0. The van der Waals surface area contributed by atoms with E-state index in [1.165, 1.54) is 27.1 Å². The van der Waals surface area contributed by atoms with Gasteiger partial charge in [-0.15, -0.1) is 0 Å². The lowest BCUT2D eigenvalue weighted by molar-refractivity contribution is 1.33. The molecular formula is C18H15. The number of hydrogen-bond donors (Lipinski definition) is 0. The molecule has 0 aliphatic rings. The van der Waals surface area contributed by atoms with Crippen LogP contribution >= 0.6 is 0 Å². The Morgan fingerprint density at radius 1 is 0.833 bits per heavy atom. The molecule has 3 aromatic rings. The smallest absolute Gasteiger partial charge is 0.00851 e. The second-order valence-corrected chi connectivity index (χ2v) is 4.47. The first kappa shape index (κ1) is 11.0. The second kappa shape index (κ2) is 4.66. The van der Waals surface area contributed by atoms with Crippen molar-refractivity contribution in [3.63, 3.8) is 0 Å². The molecule has 0 atom stereocenters. The highest BCUT2D eigenvalue weighted by atomic mass is 14.1. The molecule has 87 valence electrons. The van der Waals surface area contributed by atoms with Crippen LogP contribution in [0.2, 0.25) is 0 Å². The fourth-order valence-electron chi connectivity index (χ4n) is 2.53. The zero-order valence-corrected chi connectivity index (χ0v) is 10.3. The van der Waals surface area contributed by atoms with Crippen molar-refractivity contribution in [2.75, 3.05) is 0 Å². The minimum absolute atomic E-state index is 0.936. The lowest BCUT2D eigenvalue weighted by Crippen LogP contribution is -1.88. The molecule has 0 saturated heterocycles. The van der Waals surface area contributed by atoms with Gasteiger partial charge in [0.2, 0.25) is 0 Å². The highest BCUT2D eigenvalue weighted by Gasteiger charge is 2.05. The van der Waals surface area contributed by atoms with Crippen molar-refractivity contribution in [1.82, 2.24) is 0 Å².